The van der Waals surface area contributed by atoms with Gasteiger partial charge in [0.05, 0.1) is 25.2 Å². The van der Waals surface area contributed by atoms with Crippen molar-refractivity contribution in [2.75, 3.05) is 31.1 Å². The predicted molar refractivity (Wildman–Crippen MR) is 121 cm³/mol. The lowest BCUT2D eigenvalue weighted by atomic mass is 10.0. The van der Waals surface area contributed by atoms with E-state index in [1.807, 2.05) is 9.80 Å². The molecule has 0 saturated carbocycles. The van der Waals surface area contributed by atoms with Crippen LogP contribution >= 0.6 is 15.9 Å². The molecule has 2 aliphatic rings. The molecule has 2 aliphatic heterocycles. The van der Waals surface area contributed by atoms with Crippen LogP contribution in [0.5, 0.6) is 5.75 Å². The van der Waals surface area contributed by atoms with Gasteiger partial charge in [-0.05, 0) is 35.7 Å². The van der Waals surface area contributed by atoms with Crippen LogP contribution in [0.1, 0.15) is 31.9 Å². The number of nitrogens with one attached hydrogen (secondary N) is 1. The van der Waals surface area contributed by atoms with E-state index in [-0.39, 0.29) is 28.8 Å². The van der Waals surface area contributed by atoms with E-state index in [0.29, 0.717) is 44.7 Å². The number of piperidine rings is 1. The number of carbonyl (C=O) groups excluding carboxylic acids is 1. The molecule has 35 heavy (non-hydrogen) atoms. The topological polar surface area (TPSA) is 114 Å². The normalized spacial score (nSPS) is 20.4. The van der Waals surface area contributed by atoms with Crippen LogP contribution < -0.4 is 15.2 Å². The second-order valence-electron chi connectivity index (χ2n) is 8.42. The van der Waals surface area contributed by atoms with E-state index in [0.717, 1.165) is 12.4 Å². The molecule has 2 fully saturated rings. The van der Waals surface area contributed by atoms with E-state index in [1.165, 1.54) is 6.20 Å². The summed E-state index contributed by atoms with van der Waals surface area (Å²) in [6, 6.07) is 0.0292. The molecule has 14 heteroatoms. The lowest BCUT2D eigenvalue weighted by Crippen LogP contribution is -2.47. The van der Waals surface area contributed by atoms with Gasteiger partial charge in [0.1, 0.15) is 22.5 Å². The molecule has 0 unspecified atom stereocenters. The number of aromatic amines is 1. The first-order valence-electron chi connectivity index (χ1n) is 11.1. The molecule has 2 aromatic rings. The van der Waals surface area contributed by atoms with E-state index in [1.54, 1.807) is 6.92 Å². The lowest BCUT2D eigenvalue weighted by Gasteiger charge is -2.37. The molecular weight excluding hydrogens is 537 g/mol. The summed E-state index contributed by atoms with van der Waals surface area (Å²) < 4.78 is 49.8. The van der Waals surface area contributed by atoms with Gasteiger partial charge < -0.3 is 19.3 Å². The number of hydrogen-bond acceptors (Lipinski definition) is 8. The maximum absolute atomic E-state index is 12.9. The standard InChI is InChI=1S/C21H24BrF3N6O4/c1-12(35-15-8-28-29-19(32)18(15)22)11-34-14-4-7-31(20(14)33)13-2-5-30(6-3-13)17-10-26-16(9-27-17)21(23,24)25/h8-10,12-14H,2-7,11H2,1H3,(H,29,32)/t12-,14-/m0/s1. The molecule has 1 N–H and O–H groups in total. The lowest BCUT2D eigenvalue weighted by molar-refractivity contribution is -0.141. The van der Waals surface area contributed by atoms with Crippen molar-refractivity contribution in [1.82, 2.24) is 25.1 Å². The third kappa shape index (κ3) is 5.92. The van der Waals surface area contributed by atoms with Crippen molar-refractivity contribution in [2.24, 2.45) is 0 Å². The Hall–Kier alpha value is -2.74. The van der Waals surface area contributed by atoms with Gasteiger partial charge in [0, 0.05) is 32.1 Å². The average Bonchev–Trinajstić information content (AvgIpc) is 3.20. The third-order valence-electron chi connectivity index (χ3n) is 5.97. The quantitative estimate of drug-likeness (QED) is 0.549. The minimum absolute atomic E-state index is 0.0292. The maximum Gasteiger partial charge on any atom is 0.434 e. The largest absolute Gasteiger partial charge is 0.485 e. The predicted octanol–water partition coefficient (Wildman–Crippen LogP) is 2.39. The number of H-pyrrole nitrogens is 1. The van der Waals surface area contributed by atoms with E-state index in [9.17, 15) is 22.8 Å². The average molecular weight is 561 g/mol. The number of nitrogens with zero attached hydrogens (tertiary/aromatic N) is 5. The molecule has 2 aromatic heterocycles. The SMILES string of the molecule is C[C@@H](CO[C@H]1CCN(C2CCN(c3cnc(C(F)(F)F)cn3)CC2)C1=O)Oc1cn[nH]c(=O)c1Br. The first kappa shape index (κ1) is 25.4. The molecule has 0 aromatic carbocycles. The summed E-state index contributed by atoms with van der Waals surface area (Å²) >= 11 is 3.15. The molecular formula is C21H24BrF3N6O4. The van der Waals surface area contributed by atoms with Crippen LogP contribution in [0.4, 0.5) is 19.0 Å². The third-order valence-corrected chi connectivity index (χ3v) is 6.72. The van der Waals surface area contributed by atoms with Crippen molar-refractivity contribution in [3.05, 3.63) is 39.1 Å². The van der Waals surface area contributed by atoms with Gasteiger partial charge >= 0.3 is 6.18 Å². The van der Waals surface area contributed by atoms with Crippen molar-refractivity contribution in [3.8, 4) is 5.75 Å². The number of carbonyl (C=O) groups is 1. The molecule has 4 rings (SSSR count). The Morgan fingerprint density at radius 2 is 1.89 bits per heavy atom. The summed E-state index contributed by atoms with van der Waals surface area (Å²) in [5, 5.41) is 5.98. The van der Waals surface area contributed by atoms with Crippen LogP contribution in [0.25, 0.3) is 0 Å². The molecule has 0 radical (unpaired) electrons. The summed E-state index contributed by atoms with van der Waals surface area (Å²) in [6.45, 7) is 3.63. The van der Waals surface area contributed by atoms with Crippen LogP contribution in [0.3, 0.4) is 0 Å². The molecule has 2 saturated heterocycles. The number of anilines is 1. The number of halogens is 4. The Kier molecular flexibility index (Phi) is 7.59. The Labute approximate surface area is 207 Å². The summed E-state index contributed by atoms with van der Waals surface area (Å²) in [5.74, 6) is 0.597. The van der Waals surface area contributed by atoms with Crippen molar-refractivity contribution < 1.29 is 27.4 Å². The summed E-state index contributed by atoms with van der Waals surface area (Å²) in [5.41, 5.74) is -1.43. The van der Waals surface area contributed by atoms with Gasteiger partial charge in [-0.3, -0.25) is 9.59 Å². The van der Waals surface area contributed by atoms with E-state index < -0.39 is 29.6 Å². The molecule has 10 nitrogen and oxygen atoms in total. The highest BCUT2D eigenvalue weighted by Gasteiger charge is 2.38. The highest BCUT2D eigenvalue weighted by atomic mass is 79.9. The van der Waals surface area contributed by atoms with Gasteiger partial charge in [0.15, 0.2) is 11.4 Å². The van der Waals surface area contributed by atoms with Gasteiger partial charge in [-0.15, -0.1) is 0 Å². The number of alkyl halides is 3. The Bertz CT molecular complexity index is 1090. The first-order chi connectivity index (χ1) is 16.6. The van der Waals surface area contributed by atoms with Crippen LogP contribution in [0, 0.1) is 0 Å². The van der Waals surface area contributed by atoms with Crippen LogP contribution in [-0.2, 0) is 15.7 Å². The minimum Gasteiger partial charge on any atom is -0.485 e. The molecule has 2 atom stereocenters. The monoisotopic (exact) mass is 560 g/mol. The second kappa shape index (κ2) is 10.5. The van der Waals surface area contributed by atoms with Crippen LogP contribution in [0.2, 0.25) is 0 Å². The van der Waals surface area contributed by atoms with Crippen molar-refractivity contribution in [1.29, 1.82) is 0 Å². The fourth-order valence-electron chi connectivity index (χ4n) is 4.18. The minimum atomic E-state index is -4.52. The molecule has 190 valence electrons. The zero-order valence-corrected chi connectivity index (χ0v) is 20.4. The van der Waals surface area contributed by atoms with Gasteiger partial charge in [0.2, 0.25) is 0 Å². The van der Waals surface area contributed by atoms with Crippen molar-refractivity contribution in [3.63, 3.8) is 0 Å². The number of ether oxygens (including phenoxy) is 2. The molecule has 0 bridgehead atoms. The Morgan fingerprint density at radius 3 is 2.54 bits per heavy atom. The number of likely N-dealkylation sites (tertiary alicyclic amines) is 1. The fourth-order valence-corrected chi connectivity index (χ4v) is 4.47. The van der Waals surface area contributed by atoms with Gasteiger partial charge in [0.25, 0.3) is 11.5 Å². The Morgan fingerprint density at radius 1 is 1.14 bits per heavy atom. The van der Waals surface area contributed by atoms with Crippen molar-refractivity contribution in [2.45, 2.75) is 50.6 Å². The fraction of sp³-hybridized carbons (Fsp3) is 0.571. The van der Waals surface area contributed by atoms with E-state index in [2.05, 4.69) is 36.1 Å². The zero-order chi connectivity index (χ0) is 25.2. The molecule has 0 spiro atoms. The Balaban J connectivity index is 1.24. The zero-order valence-electron chi connectivity index (χ0n) is 18.8. The number of rotatable bonds is 7. The van der Waals surface area contributed by atoms with Gasteiger partial charge in [-0.25, -0.2) is 15.1 Å². The number of hydrogen-bond donors (Lipinski definition) is 1. The second-order valence-corrected chi connectivity index (χ2v) is 9.22. The summed E-state index contributed by atoms with van der Waals surface area (Å²) in [4.78, 5) is 35.6. The number of amides is 1. The van der Waals surface area contributed by atoms with Crippen molar-refractivity contribution >= 4 is 27.7 Å². The van der Waals surface area contributed by atoms with E-state index in [4.69, 9.17) is 9.47 Å². The van der Waals surface area contributed by atoms with Crippen LogP contribution in [-0.4, -0.2) is 75.5 Å². The highest BCUT2D eigenvalue weighted by Crippen LogP contribution is 2.29. The van der Waals surface area contributed by atoms with E-state index >= 15 is 0 Å². The van der Waals surface area contributed by atoms with Crippen LogP contribution in [0.15, 0.2) is 27.9 Å². The summed E-state index contributed by atoms with van der Waals surface area (Å²) in [7, 11) is 0. The smallest absolute Gasteiger partial charge is 0.434 e. The molecule has 1 amide bonds. The number of aromatic nitrogens is 4. The summed E-state index contributed by atoms with van der Waals surface area (Å²) in [6.07, 6.45) is -0.342. The molecule has 0 aliphatic carbocycles. The maximum atomic E-state index is 12.9. The molecule has 4 heterocycles. The highest BCUT2D eigenvalue weighted by molar-refractivity contribution is 9.10. The van der Waals surface area contributed by atoms with Gasteiger partial charge in [-0.2, -0.15) is 18.3 Å². The van der Waals surface area contributed by atoms with Gasteiger partial charge in [-0.1, -0.05) is 0 Å². The first-order valence-corrected chi connectivity index (χ1v) is 11.9.